The number of aromatic nitrogens is 1. The minimum atomic E-state index is -0.873. The standard InChI is InChI=1S/C13H10F2N2O/c14-10-2-1-3-11(15)12(10)13(18)17-8-9-4-6-16-7-5-9/h1-7H,8H2,(H,17,18). The van der Waals surface area contributed by atoms with E-state index in [1.165, 1.54) is 6.07 Å². The molecule has 1 heterocycles. The summed E-state index contributed by atoms with van der Waals surface area (Å²) in [6, 6.07) is 6.72. The van der Waals surface area contributed by atoms with E-state index >= 15 is 0 Å². The predicted octanol–water partition coefficient (Wildman–Crippen LogP) is 2.29. The molecule has 1 aromatic heterocycles. The fourth-order valence-electron chi connectivity index (χ4n) is 1.49. The molecule has 1 N–H and O–H groups in total. The monoisotopic (exact) mass is 248 g/mol. The Bertz CT molecular complexity index is 538. The maximum absolute atomic E-state index is 13.3. The highest BCUT2D eigenvalue weighted by Crippen LogP contribution is 2.11. The van der Waals surface area contributed by atoms with Crippen molar-refractivity contribution in [3.8, 4) is 0 Å². The van der Waals surface area contributed by atoms with Crippen LogP contribution < -0.4 is 5.32 Å². The van der Waals surface area contributed by atoms with Crippen LogP contribution in [0.25, 0.3) is 0 Å². The second-order valence-electron chi connectivity index (χ2n) is 3.63. The fraction of sp³-hybridized carbons (Fsp3) is 0.0769. The van der Waals surface area contributed by atoms with Crippen LogP contribution in [-0.2, 0) is 6.54 Å². The van der Waals surface area contributed by atoms with Crippen LogP contribution in [0.4, 0.5) is 8.78 Å². The highest BCUT2D eigenvalue weighted by Gasteiger charge is 2.16. The first-order chi connectivity index (χ1) is 8.68. The van der Waals surface area contributed by atoms with Crippen molar-refractivity contribution in [3.63, 3.8) is 0 Å². The normalized spacial score (nSPS) is 10.1. The predicted molar refractivity (Wildman–Crippen MR) is 61.8 cm³/mol. The second-order valence-corrected chi connectivity index (χ2v) is 3.63. The van der Waals surface area contributed by atoms with Crippen LogP contribution in [0.5, 0.6) is 0 Å². The van der Waals surface area contributed by atoms with Gasteiger partial charge in [0.15, 0.2) is 0 Å². The Kier molecular flexibility index (Phi) is 3.62. The molecular formula is C13H10F2N2O. The molecule has 0 saturated carbocycles. The highest BCUT2D eigenvalue weighted by molar-refractivity contribution is 5.94. The van der Waals surface area contributed by atoms with Crippen LogP contribution in [0.2, 0.25) is 0 Å². The number of benzene rings is 1. The summed E-state index contributed by atoms with van der Waals surface area (Å²) in [7, 11) is 0. The average molecular weight is 248 g/mol. The quantitative estimate of drug-likeness (QED) is 0.905. The lowest BCUT2D eigenvalue weighted by atomic mass is 10.2. The van der Waals surface area contributed by atoms with Crippen molar-refractivity contribution in [1.29, 1.82) is 0 Å². The molecule has 0 radical (unpaired) electrons. The first-order valence-electron chi connectivity index (χ1n) is 5.29. The van der Waals surface area contributed by atoms with E-state index in [1.54, 1.807) is 24.5 Å². The fourth-order valence-corrected chi connectivity index (χ4v) is 1.49. The Morgan fingerprint density at radius 1 is 1.11 bits per heavy atom. The number of pyridine rings is 1. The summed E-state index contributed by atoms with van der Waals surface area (Å²) in [5.74, 6) is -2.52. The van der Waals surface area contributed by atoms with Crippen molar-refractivity contribution in [2.75, 3.05) is 0 Å². The van der Waals surface area contributed by atoms with Gasteiger partial charge in [-0.25, -0.2) is 8.78 Å². The van der Waals surface area contributed by atoms with Crippen LogP contribution in [0.3, 0.4) is 0 Å². The molecule has 0 fully saturated rings. The molecule has 2 aromatic rings. The van der Waals surface area contributed by atoms with Crippen LogP contribution in [-0.4, -0.2) is 10.9 Å². The highest BCUT2D eigenvalue weighted by atomic mass is 19.1. The summed E-state index contributed by atoms with van der Waals surface area (Å²) in [5, 5.41) is 2.45. The molecule has 0 bridgehead atoms. The van der Waals surface area contributed by atoms with Gasteiger partial charge in [-0.15, -0.1) is 0 Å². The SMILES string of the molecule is O=C(NCc1ccncc1)c1c(F)cccc1F. The zero-order chi connectivity index (χ0) is 13.0. The van der Waals surface area contributed by atoms with Crippen LogP contribution >= 0.6 is 0 Å². The molecule has 0 aliphatic heterocycles. The molecule has 1 amide bonds. The molecule has 92 valence electrons. The van der Waals surface area contributed by atoms with Gasteiger partial charge < -0.3 is 5.32 Å². The third-order valence-corrected chi connectivity index (χ3v) is 2.39. The molecule has 0 saturated heterocycles. The number of hydrogen-bond acceptors (Lipinski definition) is 2. The van der Waals surface area contributed by atoms with Crippen molar-refractivity contribution in [1.82, 2.24) is 10.3 Å². The van der Waals surface area contributed by atoms with Gasteiger partial charge >= 0.3 is 0 Å². The van der Waals surface area contributed by atoms with Gasteiger partial charge in [0, 0.05) is 18.9 Å². The third kappa shape index (κ3) is 2.68. The number of halogens is 2. The van der Waals surface area contributed by atoms with E-state index < -0.39 is 23.1 Å². The first kappa shape index (κ1) is 12.2. The largest absolute Gasteiger partial charge is 0.348 e. The summed E-state index contributed by atoms with van der Waals surface area (Å²) in [4.78, 5) is 15.5. The topological polar surface area (TPSA) is 42.0 Å². The summed E-state index contributed by atoms with van der Waals surface area (Å²) in [6.45, 7) is 0.190. The molecule has 2 rings (SSSR count). The van der Waals surface area contributed by atoms with E-state index in [0.717, 1.165) is 17.7 Å². The van der Waals surface area contributed by atoms with Crippen LogP contribution in [0.15, 0.2) is 42.7 Å². The van der Waals surface area contributed by atoms with E-state index in [-0.39, 0.29) is 6.54 Å². The number of rotatable bonds is 3. The zero-order valence-electron chi connectivity index (χ0n) is 9.36. The molecule has 5 heteroatoms. The Balaban J connectivity index is 2.09. The van der Waals surface area contributed by atoms with Crippen LogP contribution in [0, 0.1) is 11.6 Å². The Labute approximate surface area is 102 Å². The Hall–Kier alpha value is -2.30. The molecular weight excluding hydrogens is 238 g/mol. The molecule has 1 aromatic carbocycles. The van der Waals surface area contributed by atoms with Gasteiger partial charge in [-0.1, -0.05) is 6.07 Å². The molecule has 0 aliphatic carbocycles. The van der Waals surface area contributed by atoms with E-state index in [0.29, 0.717) is 0 Å². The maximum atomic E-state index is 13.3. The second kappa shape index (κ2) is 5.35. The average Bonchev–Trinajstić information content (AvgIpc) is 2.37. The minimum Gasteiger partial charge on any atom is -0.348 e. The lowest BCUT2D eigenvalue weighted by molar-refractivity contribution is 0.0942. The summed E-state index contributed by atoms with van der Waals surface area (Å²) in [6.07, 6.45) is 3.15. The number of nitrogens with one attached hydrogen (secondary N) is 1. The van der Waals surface area contributed by atoms with E-state index in [4.69, 9.17) is 0 Å². The first-order valence-corrected chi connectivity index (χ1v) is 5.29. The van der Waals surface area contributed by atoms with Crippen LogP contribution in [0.1, 0.15) is 15.9 Å². The molecule has 0 aliphatic rings. The Morgan fingerprint density at radius 2 is 1.72 bits per heavy atom. The van der Waals surface area contributed by atoms with Gasteiger partial charge in [0.05, 0.1) is 0 Å². The molecule has 0 spiro atoms. The lowest BCUT2D eigenvalue weighted by Crippen LogP contribution is -2.25. The number of carbonyl (C=O) groups excluding carboxylic acids is 1. The molecule has 0 unspecified atom stereocenters. The van der Waals surface area contributed by atoms with Gasteiger partial charge in [0.2, 0.25) is 0 Å². The number of nitrogens with zero attached hydrogens (tertiary/aromatic N) is 1. The summed E-state index contributed by atoms with van der Waals surface area (Å²) in [5.41, 5.74) is 0.238. The number of carbonyl (C=O) groups is 1. The van der Waals surface area contributed by atoms with Crippen molar-refractivity contribution in [2.24, 2.45) is 0 Å². The van der Waals surface area contributed by atoms with Gasteiger partial charge in [-0.05, 0) is 29.8 Å². The van der Waals surface area contributed by atoms with E-state index in [1.807, 2.05) is 0 Å². The van der Waals surface area contributed by atoms with Crippen molar-refractivity contribution in [2.45, 2.75) is 6.54 Å². The van der Waals surface area contributed by atoms with Gasteiger partial charge in [0.1, 0.15) is 17.2 Å². The smallest absolute Gasteiger partial charge is 0.257 e. The number of hydrogen-bond donors (Lipinski definition) is 1. The van der Waals surface area contributed by atoms with E-state index in [9.17, 15) is 13.6 Å². The summed E-state index contributed by atoms with van der Waals surface area (Å²) >= 11 is 0. The minimum absolute atomic E-state index is 0.190. The third-order valence-electron chi connectivity index (χ3n) is 2.39. The van der Waals surface area contributed by atoms with Gasteiger partial charge in [0.25, 0.3) is 5.91 Å². The lowest BCUT2D eigenvalue weighted by Gasteiger charge is -2.06. The van der Waals surface area contributed by atoms with Crippen molar-refractivity contribution < 1.29 is 13.6 Å². The Morgan fingerprint density at radius 3 is 2.33 bits per heavy atom. The van der Waals surface area contributed by atoms with Crippen molar-refractivity contribution >= 4 is 5.91 Å². The van der Waals surface area contributed by atoms with Gasteiger partial charge in [-0.3, -0.25) is 9.78 Å². The van der Waals surface area contributed by atoms with Gasteiger partial charge in [-0.2, -0.15) is 0 Å². The maximum Gasteiger partial charge on any atom is 0.257 e. The molecule has 3 nitrogen and oxygen atoms in total. The number of amides is 1. The summed E-state index contributed by atoms with van der Waals surface area (Å²) < 4.78 is 26.6. The zero-order valence-corrected chi connectivity index (χ0v) is 9.36. The molecule has 0 atom stereocenters. The molecule has 18 heavy (non-hydrogen) atoms. The van der Waals surface area contributed by atoms with E-state index in [2.05, 4.69) is 10.3 Å². The van der Waals surface area contributed by atoms with Crippen molar-refractivity contribution in [3.05, 3.63) is 65.5 Å².